The second-order valence-corrected chi connectivity index (χ2v) is 14.2. The van der Waals surface area contributed by atoms with Crippen molar-refractivity contribution in [2.75, 3.05) is 0 Å². The highest BCUT2D eigenvalue weighted by Crippen LogP contribution is 2.55. The van der Waals surface area contributed by atoms with E-state index in [1.165, 1.54) is 114 Å². The van der Waals surface area contributed by atoms with E-state index in [2.05, 4.69) is 158 Å². The Labute approximate surface area is 298 Å². The van der Waals surface area contributed by atoms with Crippen molar-refractivity contribution in [3.8, 4) is 28.3 Å². The molecule has 52 heavy (non-hydrogen) atoms. The van der Waals surface area contributed by atoms with Crippen LogP contribution in [0.25, 0.3) is 119 Å². The monoisotopic (exact) mass is 653 g/mol. The standard InChI is InChI=1S/C51H27N/c52-28-29-21-24-34-32(25-29)22-23-33-26-42-48-38(44(33)34)18-10-20-40(48)50-45(30-11-3-1-4-12-30)43-27-41-36-16-8-7-15-35(36)37-17-9-19-39(47(37)41)49(43)46(51(42)50)31-13-5-2-6-14-31/h1-27H. The van der Waals surface area contributed by atoms with Gasteiger partial charge in [0.2, 0.25) is 0 Å². The molecule has 0 unspecified atom stereocenters. The van der Waals surface area contributed by atoms with Crippen molar-refractivity contribution < 1.29 is 0 Å². The van der Waals surface area contributed by atoms with Crippen molar-refractivity contribution in [2.24, 2.45) is 0 Å². The normalized spacial score (nSPS) is 12.2. The zero-order valence-electron chi connectivity index (χ0n) is 28.0. The quantitative estimate of drug-likeness (QED) is 0.170. The fourth-order valence-corrected chi connectivity index (χ4v) is 9.71. The molecule has 12 aromatic carbocycles. The van der Waals surface area contributed by atoms with Gasteiger partial charge in [0.15, 0.2) is 0 Å². The number of nitriles is 1. The minimum atomic E-state index is 0.683. The lowest BCUT2D eigenvalue weighted by Crippen LogP contribution is -1.91. The Balaban J connectivity index is 1.42. The van der Waals surface area contributed by atoms with Gasteiger partial charge in [0.1, 0.15) is 0 Å². The molecule has 0 aliphatic rings. The van der Waals surface area contributed by atoms with Crippen molar-refractivity contribution in [3.05, 3.63) is 169 Å². The Hall–Kier alpha value is -7.01. The van der Waals surface area contributed by atoms with Crippen LogP contribution in [0.15, 0.2) is 164 Å². The van der Waals surface area contributed by atoms with Crippen LogP contribution in [0, 0.1) is 11.3 Å². The van der Waals surface area contributed by atoms with Gasteiger partial charge in [0.25, 0.3) is 0 Å². The van der Waals surface area contributed by atoms with Crippen molar-refractivity contribution in [2.45, 2.75) is 0 Å². The third-order valence-corrected chi connectivity index (χ3v) is 11.7. The summed E-state index contributed by atoms with van der Waals surface area (Å²) < 4.78 is 0. The van der Waals surface area contributed by atoms with Crippen LogP contribution in [0.2, 0.25) is 0 Å². The molecule has 0 amide bonds. The van der Waals surface area contributed by atoms with E-state index in [1.54, 1.807) is 0 Å². The summed E-state index contributed by atoms with van der Waals surface area (Å²) >= 11 is 0. The zero-order chi connectivity index (χ0) is 34.1. The van der Waals surface area contributed by atoms with Crippen LogP contribution in [-0.2, 0) is 0 Å². The SMILES string of the molecule is N#Cc1ccc2c(ccc3cc4c5c(-c6ccccc6)c6c(cc7c8ccccc8c8cccc6c87)c(-c6ccccc6)c5c5cccc(c32)c54)c1. The van der Waals surface area contributed by atoms with Crippen LogP contribution in [0.4, 0.5) is 0 Å². The molecule has 1 heteroatoms. The summed E-state index contributed by atoms with van der Waals surface area (Å²) in [7, 11) is 0. The molecule has 0 bridgehead atoms. The first-order valence-corrected chi connectivity index (χ1v) is 17.9. The van der Waals surface area contributed by atoms with Gasteiger partial charge in [-0.15, -0.1) is 0 Å². The summed E-state index contributed by atoms with van der Waals surface area (Å²) in [4.78, 5) is 0. The topological polar surface area (TPSA) is 23.8 Å². The molecule has 0 atom stereocenters. The molecule has 0 saturated carbocycles. The Morgan fingerprint density at radius 2 is 0.846 bits per heavy atom. The molecule has 12 rings (SSSR count). The van der Waals surface area contributed by atoms with Gasteiger partial charge in [-0.3, -0.25) is 0 Å². The summed E-state index contributed by atoms with van der Waals surface area (Å²) in [5, 5.41) is 32.6. The molecule has 12 aromatic rings. The molecular weight excluding hydrogens is 627 g/mol. The summed E-state index contributed by atoms with van der Waals surface area (Å²) in [5.74, 6) is 0. The van der Waals surface area contributed by atoms with Gasteiger partial charge in [-0.2, -0.15) is 5.26 Å². The van der Waals surface area contributed by atoms with Crippen LogP contribution >= 0.6 is 0 Å². The van der Waals surface area contributed by atoms with E-state index in [1.807, 2.05) is 12.1 Å². The predicted molar refractivity (Wildman–Crippen MR) is 222 cm³/mol. The molecule has 0 fully saturated rings. The van der Waals surface area contributed by atoms with Gasteiger partial charge >= 0.3 is 0 Å². The maximum absolute atomic E-state index is 9.68. The van der Waals surface area contributed by atoms with Gasteiger partial charge in [-0.25, -0.2) is 0 Å². The molecule has 0 aromatic heterocycles. The zero-order valence-corrected chi connectivity index (χ0v) is 28.0. The third-order valence-electron chi connectivity index (χ3n) is 11.7. The van der Waals surface area contributed by atoms with Gasteiger partial charge in [0.05, 0.1) is 11.6 Å². The van der Waals surface area contributed by atoms with Gasteiger partial charge in [-0.05, 0) is 143 Å². The van der Waals surface area contributed by atoms with E-state index in [4.69, 9.17) is 0 Å². The number of hydrogen-bond acceptors (Lipinski definition) is 1. The number of benzene rings is 10. The van der Waals surface area contributed by atoms with Crippen LogP contribution in [0.3, 0.4) is 0 Å². The molecule has 0 heterocycles. The largest absolute Gasteiger partial charge is 0.192 e. The third kappa shape index (κ3) is 3.46. The minimum absolute atomic E-state index is 0.683. The first-order chi connectivity index (χ1) is 25.8. The molecule has 0 aliphatic heterocycles. The van der Waals surface area contributed by atoms with E-state index in [9.17, 15) is 5.26 Å². The highest BCUT2D eigenvalue weighted by molar-refractivity contribution is 6.46. The Kier molecular flexibility index (Phi) is 5.36. The van der Waals surface area contributed by atoms with Crippen molar-refractivity contribution in [1.29, 1.82) is 5.26 Å². The highest BCUT2D eigenvalue weighted by Gasteiger charge is 2.27. The lowest BCUT2D eigenvalue weighted by molar-refractivity contribution is 1.50. The van der Waals surface area contributed by atoms with Gasteiger partial charge in [-0.1, -0.05) is 140 Å². The lowest BCUT2D eigenvalue weighted by atomic mass is 9.84. The van der Waals surface area contributed by atoms with Crippen LogP contribution in [-0.4, -0.2) is 0 Å². The molecule has 1 nitrogen and oxygen atoms in total. The smallest absolute Gasteiger partial charge is 0.0991 e. The van der Waals surface area contributed by atoms with E-state index >= 15 is 0 Å². The number of rotatable bonds is 2. The van der Waals surface area contributed by atoms with E-state index in [0.717, 1.165) is 5.39 Å². The second-order valence-electron chi connectivity index (χ2n) is 14.2. The Morgan fingerprint density at radius 3 is 1.58 bits per heavy atom. The summed E-state index contributed by atoms with van der Waals surface area (Å²) in [6, 6.07) is 62.5. The average Bonchev–Trinajstić information content (AvgIpc) is 3.71. The van der Waals surface area contributed by atoms with Crippen LogP contribution < -0.4 is 0 Å². The first-order valence-electron chi connectivity index (χ1n) is 17.9. The van der Waals surface area contributed by atoms with E-state index < -0.39 is 0 Å². The summed E-state index contributed by atoms with van der Waals surface area (Å²) in [6.07, 6.45) is 0. The van der Waals surface area contributed by atoms with Crippen molar-refractivity contribution >= 4 is 97.0 Å². The van der Waals surface area contributed by atoms with E-state index in [-0.39, 0.29) is 0 Å². The molecule has 0 aliphatic carbocycles. The van der Waals surface area contributed by atoms with Gasteiger partial charge < -0.3 is 0 Å². The van der Waals surface area contributed by atoms with E-state index in [0.29, 0.717) is 5.56 Å². The van der Waals surface area contributed by atoms with Crippen molar-refractivity contribution in [3.63, 3.8) is 0 Å². The maximum Gasteiger partial charge on any atom is 0.0991 e. The van der Waals surface area contributed by atoms with Gasteiger partial charge in [0, 0.05) is 0 Å². The Morgan fingerprint density at radius 1 is 0.288 bits per heavy atom. The average molecular weight is 654 g/mol. The Bertz CT molecular complexity index is 3500. The molecule has 0 spiro atoms. The fourth-order valence-electron chi connectivity index (χ4n) is 9.71. The molecule has 0 radical (unpaired) electrons. The minimum Gasteiger partial charge on any atom is -0.192 e. The molecular formula is C51H27N. The second kappa shape index (κ2) is 10.0. The molecule has 0 N–H and O–H groups in total. The van der Waals surface area contributed by atoms with Crippen molar-refractivity contribution in [1.82, 2.24) is 0 Å². The molecule has 0 saturated heterocycles. The molecule has 236 valence electrons. The van der Waals surface area contributed by atoms with Crippen LogP contribution in [0.5, 0.6) is 0 Å². The fraction of sp³-hybridized carbons (Fsp3) is 0. The summed E-state index contributed by atoms with van der Waals surface area (Å²) in [6.45, 7) is 0. The number of nitrogens with zero attached hydrogens (tertiary/aromatic N) is 1. The highest BCUT2D eigenvalue weighted by atomic mass is 14.3. The number of hydrogen-bond donors (Lipinski definition) is 0. The first kappa shape index (κ1) is 27.8. The summed E-state index contributed by atoms with van der Waals surface area (Å²) in [5.41, 5.74) is 5.71. The maximum atomic E-state index is 9.68. The lowest BCUT2D eigenvalue weighted by Gasteiger charge is -2.19. The van der Waals surface area contributed by atoms with Crippen LogP contribution in [0.1, 0.15) is 5.56 Å². The predicted octanol–water partition coefficient (Wildman–Crippen LogP) is 14.1. The number of fused-ring (bicyclic) bond motifs is 12.